The van der Waals surface area contributed by atoms with Gasteiger partial charge in [0.1, 0.15) is 0 Å². The predicted molar refractivity (Wildman–Crippen MR) is 136 cm³/mol. The summed E-state index contributed by atoms with van der Waals surface area (Å²) in [5.41, 5.74) is 3.18. The van der Waals surface area contributed by atoms with Gasteiger partial charge >= 0.3 is 0 Å². The number of rotatable bonds is 6. The van der Waals surface area contributed by atoms with Crippen LogP contribution >= 0.6 is 0 Å². The van der Waals surface area contributed by atoms with Crippen LogP contribution in [0.4, 0.5) is 0 Å². The number of nitrogens with one attached hydrogen (secondary N) is 2. The number of carbonyl (C=O) groups excluding carboxylic acids is 1. The summed E-state index contributed by atoms with van der Waals surface area (Å²) in [4.78, 5) is 21.3. The molecule has 34 heavy (non-hydrogen) atoms. The lowest BCUT2D eigenvalue weighted by molar-refractivity contribution is 0.0922. The number of hydrogen-bond acceptors (Lipinski definition) is 5. The standard InChI is InChI=1S/C25H34N4O4S/c1-16-10-8-11-17(2)22(16)19(4)27-24(28-25(5,6)7)29-34(32,33)21-13-9-12-20(14-21)23(31)26-18(3)15-30/h8-14,18,30H,15H2,1-7H3,(H,26,31)(H,28,29)/t18-/m1/s1. The Hall–Kier alpha value is -3.04. The molecule has 0 unspecified atom stereocenters. The van der Waals surface area contributed by atoms with E-state index in [2.05, 4.69) is 20.0 Å². The van der Waals surface area contributed by atoms with Crippen molar-refractivity contribution in [1.82, 2.24) is 10.0 Å². The van der Waals surface area contributed by atoms with Crippen molar-refractivity contribution in [3.8, 4) is 0 Å². The maximum absolute atomic E-state index is 13.2. The number of benzene rings is 2. The normalized spacial score (nSPS) is 14.0. The number of amides is 1. The van der Waals surface area contributed by atoms with Crippen LogP contribution in [0, 0.1) is 13.8 Å². The Morgan fingerprint density at radius 2 is 1.68 bits per heavy atom. The van der Waals surface area contributed by atoms with Gasteiger partial charge in [0.05, 0.1) is 17.0 Å². The van der Waals surface area contributed by atoms with E-state index in [4.69, 9.17) is 5.11 Å². The van der Waals surface area contributed by atoms with Crippen LogP contribution in [-0.4, -0.2) is 49.3 Å². The Morgan fingerprint density at radius 3 is 2.24 bits per heavy atom. The molecule has 9 heteroatoms. The summed E-state index contributed by atoms with van der Waals surface area (Å²) in [5.74, 6) is -0.525. The summed E-state index contributed by atoms with van der Waals surface area (Å²) in [7, 11) is -4.09. The lowest BCUT2D eigenvalue weighted by atomic mass is 9.99. The fourth-order valence-electron chi connectivity index (χ4n) is 3.32. The minimum Gasteiger partial charge on any atom is -0.394 e. The number of guanidine groups is 1. The zero-order valence-electron chi connectivity index (χ0n) is 20.8. The highest BCUT2D eigenvalue weighted by molar-refractivity contribution is 7.90. The molecule has 2 aromatic rings. The summed E-state index contributed by atoms with van der Waals surface area (Å²) in [6, 6.07) is 11.1. The van der Waals surface area contributed by atoms with Gasteiger partial charge in [-0.3, -0.25) is 4.79 Å². The molecule has 0 fully saturated rings. The summed E-state index contributed by atoms with van der Waals surface area (Å²) in [5, 5.41) is 11.8. The first kappa shape index (κ1) is 27.2. The van der Waals surface area contributed by atoms with E-state index in [1.54, 1.807) is 6.92 Å². The number of aryl methyl sites for hydroxylation is 2. The lowest BCUT2D eigenvalue weighted by Gasteiger charge is -2.17. The van der Waals surface area contributed by atoms with Crippen LogP contribution in [-0.2, 0) is 10.0 Å². The van der Waals surface area contributed by atoms with Gasteiger partial charge in [-0.15, -0.1) is 0 Å². The largest absolute Gasteiger partial charge is 0.394 e. The Labute approximate surface area is 202 Å². The van der Waals surface area contributed by atoms with Crippen molar-refractivity contribution in [2.45, 2.75) is 64.9 Å². The van der Waals surface area contributed by atoms with Gasteiger partial charge in [-0.05, 0) is 77.8 Å². The third-order valence-corrected chi connectivity index (χ3v) is 6.17. The molecule has 1 atom stereocenters. The summed E-state index contributed by atoms with van der Waals surface area (Å²) < 4.78 is 28.9. The smallest absolute Gasteiger partial charge is 0.264 e. The minimum atomic E-state index is -4.09. The molecule has 2 aromatic carbocycles. The average Bonchev–Trinajstić information content (AvgIpc) is 2.72. The number of aliphatic hydroxyl groups is 1. The minimum absolute atomic E-state index is 0.0450. The Balaban J connectivity index is 2.45. The van der Waals surface area contributed by atoms with E-state index in [-0.39, 0.29) is 23.0 Å². The van der Waals surface area contributed by atoms with E-state index in [0.717, 1.165) is 16.7 Å². The monoisotopic (exact) mass is 486 g/mol. The second-order valence-electron chi connectivity index (χ2n) is 9.26. The first-order valence-corrected chi connectivity index (χ1v) is 12.5. The van der Waals surface area contributed by atoms with Crippen LogP contribution < -0.4 is 10.0 Å². The van der Waals surface area contributed by atoms with Gasteiger partial charge in [0.25, 0.3) is 15.9 Å². The molecule has 184 valence electrons. The lowest BCUT2D eigenvalue weighted by Crippen LogP contribution is -2.35. The first-order valence-electron chi connectivity index (χ1n) is 11.0. The van der Waals surface area contributed by atoms with Crippen LogP contribution in [0.3, 0.4) is 0 Å². The number of aliphatic hydroxyl groups excluding tert-OH is 1. The number of carbonyl (C=O) groups is 1. The molecule has 0 saturated heterocycles. The summed E-state index contributed by atoms with van der Waals surface area (Å²) >= 11 is 0. The van der Waals surface area contributed by atoms with Gasteiger partial charge in [-0.1, -0.05) is 24.3 Å². The highest BCUT2D eigenvalue weighted by atomic mass is 32.2. The molecule has 8 nitrogen and oxygen atoms in total. The Kier molecular flexibility index (Phi) is 8.74. The van der Waals surface area contributed by atoms with Crippen molar-refractivity contribution < 1.29 is 18.3 Å². The molecule has 2 rings (SSSR count). The van der Waals surface area contributed by atoms with Crippen LogP contribution in [0.25, 0.3) is 0 Å². The predicted octanol–water partition coefficient (Wildman–Crippen LogP) is 3.36. The topological polar surface area (TPSA) is 120 Å². The SMILES string of the molecule is CC(=NC(=NC(C)(C)C)NS(=O)(=O)c1cccc(C(=O)N[C@H](C)CO)c1)c1c(C)cccc1C. The fourth-order valence-corrected chi connectivity index (χ4v) is 4.31. The van der Waals surface area contributed by atoms with Gasteiger partial charge in [0, 0.05) is 22.9 Å². The maximum atomic E-state index is 13.2. The van der Waals surface area contributed by atoms with Crippen molar-refractivity contribution in [2.75, 3.05) is 6.61 Å². The second kappa shape index (κ2) is 10.9. The van der Waals surface area contributed by atoms with Crippen molar-refractivity contribution in [2.24, 2.45) is 9.98 Å². The van der Waals surface area contributed by atoms with E-state index < -0.39 is 27.5 Å². The fraction of sp³-hybridized carbons (Fsp3) is 0.400. The summed E-state index contributed by atoms with van der Waals surface area (Å²) in [6.45, 7) is 12.7. The van der Waals surface area contributed by atoms with Crippen molar-refractivity contribution in [1.29, 1.82) is 0 Å². The molecular formula is C25H34N4O4S. The molecule has 0 saturated carbocycles. The van der Waals surface area contributed by atoms with Crippen molar-refractivity contribution in [3.63, 3.8) is 0 Å². The van der Waals surface area contributed by atoms with Gasteiger partial charge in [0.15, 0.2) is 0 Å². The second-order valence-corrected chi connectivity index (χ2v) is 10.9. The van der Waals surface area contributed by atoms with Gasteiger partial charge in [0.2, 0.25) is 5.96 Å². The molecule has 0 aliphatic heterocycles. The first-order chi connectivity index (χ1) is 15.7. The zero-order chi connectivity index (χ0) is 25.7. The number of nitrogens with zero attached hydrogens (tertiary/aromatic N) is 2. The molecule has 3 N–H and O–H groups in total. The average molecular weight is 487 g/mol. The number of hydrogen-bond donors (Lipinski definition) is 3. The van der Waals surface area contributed by atoms with Crippen molar-refractivity contribution in [3.05, 3.63) is 64.7 Å². The highest BCUT2D eigenvalue weighted by Crippen LogP contribution is 2.17. The van der Waals surface area contributed by atoms with Crippen molar-refractivity contribution >= 4 is 27.6 Å². The zero-order valence-corrected chi connectivity index (χ0v) is 21.6. The van der Waals surface area contributed by atoms with Crippen LogP contribution in [0.15, 0.2) is 57.3 Å². The number of sulfonamides is 1. The van der Waals surface area contributed by atoms with E-state index in [0.29, 0.717) is 5.71 Å². The van der Waals surface area contributed by atoms with E-state index >= 15 is 0 Å². The van der Waals surface area contributed by atoms with Gasteiger partial charge in [-0.2, -0.15) is 0 Å². The Bertz CT molecular complexity index is 1190. The van der Waals surface area contributed by atoms with Gasteiger partial charge in [-0.25, -0.2) is 23.1 Å². The summed E-state index contributed by atoms with van der Waals surface area (Å²) in [6.07, 6.45) is 0. The number of aliphatic imine (C=N–C) groups is 2. The van der Waals surface area contributed by atoms with Crippen LogP contribution in [0.5, 0.6) is 0 Å². The molecule has 0 radical (unpaired) electrons. The quantitative estimate of drug-likeness (QED) is 0.428. The van der Waals surface area contributed by atoms with Crippen LogP contribution in [0.2, 0.25) is 0 Å². The molecular weight excluding hydrogens is 452 g/mol. The third-order valence-electron chi connectivity index (χ3n) is 4.84. The third kappa shape index (κ3) is 7.50. The molecule has 1 amide bonds. The van der Waals surface area contributed by atoms with E-state index in [1.807, 2.05) is 59.7 Å². The molecule has 0 aliphatic carbocycles. The van der Waals surface area contributed by atoms with Crippen LogP contribution in [0.1, 0.15) is 61.7 Å². The highest BCUT2D eigenvalue weighted by Gasteiger charge is 2.21. The molecule has 0 aliphatic rings. The molecule has 0 spiro atoms. The maximum Gasteiger partial charge on any atom is 0.264 e. The molecule has 0 heterocycles. The van der Waals surface area contributed by atoms with E-state index in [1.165, 1.54) is 24.3 Å². The molecule has 0 bridgehead atoms. The molecule has 0 aromatic heterocycles. The van der Waals surface area contributed by atoms with Gasteiger partial charge < -0.3 is 10.4 Å². The Morgan fingerprint density at radius 1 is 1.09 bits per heavy atom. The van der Waals surface area contributed by atoms with E-state index in [9.17, 15) is 13.2 Å².